The van der Waals surface area contributed by atoms with E-state index in [1.54, 1.807) is 0 Å². The molecule has 0 heterocycles. The predicted octanol–water partition coefficient (Wildman–Crippen LogP) is 5.79. The van der Waals surface area contributed by atoms with Crippen LogP contribution >= 0.6 is 0 Å². The van der Waals surface area contributed by atoms with E-state index in [1.807, 2.05) is 6.92 Å². The molecule has 0 radical (unpaired) electrons. The Morgan fingerprint density at radius 1 is 0.875 bits per heavy atom. The van der Waals surface area contributed by atoms with Gasteiger partial charge in [-0.25, -0.2) is 0 Å². The highest BCUT2D eigenvalue weighted by molar-refractivity contribution is 4.96. The van der Waals surface area contributed by atoms with Gasteiger partial charge in [0.05, 0.1) is 6.10 Å². The van der Waals surface area contributed by atoms with Gasteiger partial charge in [0.1, 0.15) is 0 Å². The van der Waals surface area contributed by atoms with E-state index >= 15 is 0 Å². The first-order valence-electron chi connectivity index (χ1n) is 10.4. The number of allylic oxidation sites excluding steroid dienone is 4. The van der Waals surface area contributed by atoms with Gasteiger partial charge >= 0.3 is 0 Å². The Morgan fingerprint density at radius 3 is 1.92 bits per heavy atom. The topological polar surface area (TPSA) is 40.5 Å². The van der Waals surface area contributed by atoms with E-state index in [1.165, 1.54) is 64.2 Å². The van der Waals surface area contributed by atoms with Gasteiger partial charge in [0.15, 0.2) is 0 Å². The van der Waals surface area contributed by atoms with Gasteiger partial charge in [-0.15, -0.1) is 0 Å². The highest BCUT2D eigenvalue weighted by Gasteiger charge is 2.09. The minimum Gasteiger partial charge on any atom is -0.396 e. The quantitative estimate of drug-likeness (QED) is 0.370. The Kier molecular flexibility index (Phi) is 13.2. The summed E-state index contributed by atoms with van der Waals surface area (Å²) >= 11 is 0. The molecule has 2 aliphatic carbocycles. The molecule has 0 saturated heterocycles. The second kappa shape index (κ2) is 14.7. The average molecular weight is 337 g/mol. The van der Waals surface area contributed by atoms with E-state index < -0.39 is 0 Å². The van der Waals surface area contributed by atoms with Gasteiger partial charge in [-0.3, -0.25) is 0 Å². The fraction of sp³-hybridized carbons (Fsp3) is 0.818. The highest BCUT2D eigenvalue weighted by Crippen LogP contribution is 2.23. The first-order valence-corrected chi connectivity index (χ1v) is 10.4. The Hall–Kier alpha value is -0.600. The van der Waals surface area contributed by atoms with Crippen LogP contribution in [0.25, 0.3) is 0 Å². The zero-order valence-electron chi connectivity index (χ0n) is 15.8. The number of rotatable bonds is 11. The Balaban J connectivity index is 0.000000243. The molecule has 3 unspecified atom stereocenters. The number of unbranched alkanes of at least 4 members (excludes halogenated alkanes) is 3. The minimum absolute atomic E-state index is 0.0564. The second-order valence-electron chi connectivity index (χ2n) is 7.45. The van der Waals surface area contributed by atoms with E-state index in [0.29, 0.717) is 6.61 Å². The molecule has 3 atom stereocenters. The molecule has 0 aromatic heterocycles. The number of aliphatic hydroxyl groups excluding tert-OH is 2. The van der Waals surface area contributed by atoms with Crippen molar-refractivity contribution in [1.82, 2.24) is 0 Å². The van der Waals surface area contributed by atoms with E-state index in [9.17, 15) is 5.11 Å². The molecule has 0 aromatic carbocycles. The average Bonchev–Trinajstić information content (AvgIpc) is 3.29. The van der Waals surface area contributed by atoms with Gasteiger partial charge in [0.25, 0.3) is 0 Å². The molecule has 0 amide bonds. The molecule has 2 rings (SSSR count). The number of hydrogen-bond donors (Lipinski definition) is 2. The predicted molar refractivity (Wildman–Crippen MR) is 104 cm³/mol. The van der Waals surface area contributed by atoms with Gasteiger partial charge in [-0.05, 0) is 69.6 Å². The maximum Gasteiger partial charge on any atom is 0.0537 e. The van der Waals surface area contributed by atoms with E-state index in [-0.39, 0.29) is 6.10 Å². The van der Waals surface area contributed by atoms with Crippen LogP contribution in [0.3, 0.4) is 0 Å². The molecule has 2 nitrogen and oxygen atoms in total. The van der Waals surface area contributed by atoms with Crippen molar-refractivity contribution < 1.29 is 10.2 Å². The lowest BCUT2D eigenvalue weighted by Gasteiger charge is -2.09. The SMILES string of the molecule is CCC(O)CCCCC1C=CCC1.OCCCCCC1C=CCC1. The van der Waals surface area contributed by atoms with Crippen LogP contribution in [0.1, 0.15) is 90.4 Å². The molecule has 2 heteroatoms. The zero-order chi connectivity index (χ0) is 17.5. The van der Waals surface area contributed by atoms with Crippen LogP contribution in [0.2, 0.25) is 0 Å². The van der Waals surface area contributed by atoms with E-state index in [4.69, 9.17) is 5.11 Å². The molecule has 0 aromatic rings. The zero-order valence-corrected chi connectivity index (χ0v) is 15.8. The summed E-state index contributed by atoms with van der Waals surface area (Å²) in [7, 11) is 0. The Labute approximate surface area is 150 Å². The molecule has 0 fully saturated rings. The van der Waals surface area contributed by atoms with Gasteiger partial charge in [-0.2, -0.15) is 0 Å². The Bertz CT molecular complexity index is 335. The van der Waals surface area contributed by atoms with Crippen LogP contribution in [0.15, 0.2) is 24.3 Å². The lowest BCUT2D eigenvalue weighted by atomic mass is 9.99. The summed E-state index contributed by atoms with van der Waals surface area (Å²) in [5.74, 6) is 1.70. The molecule has 0 bridgehead atoms. The molecule has 2 N–H and O–H groups in total. The molecule has 0 saturated carbocycles. The van der Waals surface area contributed by atoms with E-state index in [2.05, 4.69) is 24.3 Å². The van der Waals surface area contributed by atoms with Crippen LogP contribution in [-0.2, 0) is 0 Å². The van der Waals surface area contributed by atoms with Crippen LogP contribution in [0.5, 0.6) is 0 Å². The second-order valence-corrected chi connectivity index (χ2v) is 7.45. The van der Waals surface area contributed by atoms with Crippen LogP contribution in [-0.4, -0.2) is 22.9 Å². The molecule has 0 spiro atoms. The first-order chi connectivity index (χ1) is 11.8. The van der Waals surface area contributed by atoms with Crippen molar-refractivity contribution in [1.29, 1.82) is 0 Å². The van der Waals surface area contributed by atoms with Crippen molar-refractivity contribution in [3.8, 4) is 0 Å². The molecule has 140 valence electrons. The standard InChI is InChI=1S/C12H22O.C10H18O/c1-2-12(13)10-6-5-9-11-7-3-4-8-11;11-9-5-1-2-6-10-7-3-4-8-10/h3,7,11-13H,2,4-6,8-10H2,1H3;3,7,10-11H,1-2,4-6,8-9H2. The van der Waals surface area contributed by atoms with Crippen molar-refractivity contribution in [2.45, 2.75) is 96.5 Å². The molecule has 0 aliphatic heterocycles. The van der Waals surface area contributed by atoms with E-state index in [0.717, 1.165) is 31.1 Å². The summed E-state index contributed by atoms with van der Waals surface area (Å²) in [6.45, 7) is 2.41. The third-order valence-corrected chi connectivity index (χ3v) is 5.29. The third-order valence-electron chi connectivity index (χ3n) is 5.29. The minimum atomic E-state index is -0.0564. The number of aliphatic hydroxyl groups is 2. The molecule has 2 aliphatic rings. The summed E-state index contributed by atoms with van der Waals surface area (Å²) in [5, 5.41) is 17.9. The van der Waals surface area contributed by atoms with Gasteiger partial charge in [-0.1, -0.05) is 56.9 Å². The molecular formula is C22H40O2. The lowest BCUT2D eigenvalue weighted by Crippen LogP contribution is -2.03. The summed E-state index contributed by atoms with van der Waals surface area (Å²) in [6.07, 6.45) is 25.0. The summed E-state index contributed by atoms with van der Waals surface area (Å²) < 4.78 is 0. The van der Waals surface area contributed by atoms with Gasteiger partial charge < -0.3 is 10.2 Å². The van der Waals surface area contributed by atoms with Gasteiger partial charge in [0, 0.05) is 6.61 Å². The largest absolute Gasteiger partial charge is 0.396 e. The van der Waals surface area contributed by atoms with Crippen molar-refractivity contribution in [2.24, 2.45) is 11.8 Å². The summed E-state index contributed by atoms with van der Waals surface area (Å²) in [4.78, 5) is 0. The summed E-state index contributed by atoms with van der Waals surface area (Å²) in [6, 6.07) is 0. The molecule has 24 heavy (non-hydrogen) atoms. The monoisotopic (exact) mass is 336 g/mol. The van der Waals surface area contributed by atoms with Crippen LogP contribution in [0, 0.1) is 11.8 Å². The fourth-order valence-corrected chi connectivity index (χ4v) is 3.56. The fourth-order valence-electron chi connectivity index (χ4n) is 3.56. The van der Waals surface area contributed by atoms with Crippen LogP contribution < -0.4 is 0 Å². The van der Waals surface area contributed by atoms with Crippen LogP contribution in [0.4, 0.5) is 0 Å². The normalized spacial score (nSPS) is 23.3. The Morgan fingerprint density at radius 2 is 1.46 bits per heavy atom. The van der Waals surface area contributed by atoms with Crippen molar-refractivity contribution in [3.63, 3.8) is 0 Å². The van der Waals surface area contributed by atoms with Crippen molar-refractivity contribution in [2.75, 3.05) is 6.61 Å². The lowest BCUT2D eigenvalue weighted by molar-refractivity contribution is 0.156. The maximum absolute atomic E-state index is 9.34. The highest BCUT2D eigenvalue weighted by atomic mass is 16.3. The smallest absolute Gasteiger partial charge is 0.0537 e. The third kappa shape index (κ3) is 11.0. The van der Waals surface area contributed by atoms with Crippen molar-refractivity contribution in [3.05, 3.63) is 24.3 Å². The number of hydrogen-bond acceptors (Lipinski definition) is 2. The molecular weight excluding hydrogens is 296 g/mol. The maximum atomic E-state index is 9.34. The summed E-state index contributed by atoms with van der Waals surface area (Å²) in [5.41, 5.74) is 0. The van der Waals surface area contributed by atoms with Crippen molar-refractivity contribution >= 4 is 0 Å². The van der Waals surface area contributed by atoms with Gasteiger partial charge in [0.2, 0.25) is 0 Å². The first kappa shape index (κ1) is 21.4.